The van der Waals surface area contributed by atoms with Crippen molar-refractivity contribution in [1.82, 2.24) is 0 Å². The van der Waals surface area contributed by atoms with Crippen molar-refractivity contribution in [2.45, 2.75) is 20.8 Å². The summed E-state index contributed by atoms with van der Waals surface area (Å²) >= 11 is 0. The standard InChI is InChI=1S/C10H14O2.C2H6/c1-4-6-10(8-12-3)9(5-2)7-11;1-2/h4-7H,1,8H2,2-3H3;1-2H3/b9-5-,10-6-;. The molecule has 0 radical (unpaired) electrons. The van der Waals surface area contributed by atoms with Crippen LogP contribution in [-0.4, -0.2) is 20.0 Å². The van der Waals surface area contributed by atoms with Crippen LogP contribution in [0.2, 0.25) is 0 Å². The van der Waals surface area contributed by atoms with Crippen molar-refractivity contribution in [3.05, 3.63) is 36.0 Å². The van der Waals surface area contributed by atoms with E-state index < -0.39 is 0 Å². The zero-order chi connectivity index (χ0) is 11.4. The van der Waals surface area contributed by atoms with E-state index >= 15 is 0 Å². The molecule has 0 aliphatic carbocycles. The molecule has 0 aromatic rings. The van der Waals surface area contributed by atoms with Gasteiger partial charge >= 0.3 is 0 Å². The van der Waals surface area contributed by atoms with Crippen molar-refractivity contribution in [3.8, 4) is 0 Å². The summed E-state index contributed by atoms with van der Waals surface area (Å²) in [5.41, 5.74) is 1.50. The normalized spacial score (nSPS) is 11.4. The second kappa shape index (κ2) is 11.8. The van der Waals surface area contributed by atoms with Gasteiger partial charge in [0.25, 0.3) is 0 Å². The van der Waals surface area contributed by atoms with E-state index in [1.807, 2.05) is 20.8 Å². The molecule has 0 rings (SSSR count). The molecule has 0 aromatic heterocycles. The smallest absolute Gasteiger partial charge is 0.150 e. The molecule has 0 fully saturated rings. The number of hydrogen-bond acceptors (Lipinski definition) is 2. The molecule has 0 bridgehead atoms. The number of carbonyl (C=O) groups is 1. The first-order chi connectivity index (χ1) is 6.79. The van der Waals surface area contributed by atoms with Crippen LogP contribution in [0.4, 0.5) is 0 Å². The molecule has 2 nitrogen and oxygen atoms in total. The monoisotopic (exact) mass is 196 g/mol. The van der Waals surface area contributed by atoms with E-state index in [4.69, 9.17) is 4.74 Å². The van der Waals surface area contributed by atoms with E-state index in [-0.39, 0.29) is 0 Å². The fourth-order valence-corrected chi connectivity index (χ4v) is 0.855. The van der Waals surface area contributed by atoms with Crippen molar-refractivity contribution < 1.29 is 9.53 Å². The van der Waals surface area contributed by atoms with Gasteiger partial charge in [0.15, 0.2) is 0 Å². The predicted molar refractivity (Wildman–Crippen MR) is 61.3 cm³/mol. The second-order valence-corrected chi connectivity index (χ2v) is 2.22. The molecule has 80 valence electrons. The van der Waals surface area contributed by atoms with E-state index in [1.165, 1.54) is 0 Å². The summed E-state index contributed by atoms with van der Waals surface area (Å²) in [5.74, 6) is 0. The maximum Gasteiger partial charge on any atom is 0.150 e. The average Bonchev–Trinajstić information content (AvgIpc) is 2.23. The summed E-state index contributed by atoms with van der Waals surface area (Å²) in [5, 5.41) is 0. The van der Waals surface area contributed by atoms with Crippen molar-refractivity contribution in [2.75, 3.05) is 13.7 Å². The topological polar surface area (TPSA) is 26.3 Å². The minimum absolute atomic E-state index is 0.435. The fraction of sp³-hybridized carbons (Fsp3) is 0.417. The number of rotatable bonds is 5. The highest BCUT2D eigenvalue weighted by Gasteiger charge is 2.00. The van der Waals surface area contributed by atoms with Gasteiger partial charge in [-0.15, -0.1) is 0 Å². The molecule has 0 atom stereocenters. The van der Waals surface area contributed by atoms with Gasteiger partial charge in [0, 0.05) is 12.7 Å². The Morgan fingerprint density at radius 2 is 2.00 bits per heavy atom. The lowest BCUT2D eigenvalue weighted by Gasteiger charge is -2.03. The number of ether oxygens (including phenoxy) is 1. The zero-order valence-electron chi connectivity index (χ0n) is 9.54. The Kier molecular flexibility index (Phi) is 13.0. The Morgan fingerprint density at radius 1 is 1.43 bits per heavy atom. The molecule has 0 spiro atoms. The van der Waals surface area contributed by atoms with Crippen molar-refractivity contribution in [2.24, 2.45) is 0 Å². The van der Waals surface area contributed by atoms with E-state index in [1.54, 1.807) is 25.3 Å². The molecule has 0 aromatic carbocycles. The minimum Gasteiger partial charge on any atom is -0.380 e. The zero-order valence-corrected chi connectivity index (χ0v) is 9.54. The van der Waals surface area contributed by atoms with Crippen LogP contribution in [-0.2, 0) is 9.53 Å². The molecule has 0 saturated carbocycles. The number of allylic oxidation sites excluding steroid dienone is 3. The van der Waals surface area contributed by atoms with Crippen LogP contribution < -0.4 is 0 Å². The van der Waals surface area contributed by atoms with E-state index in [0.717, 1.165) is 11.9 Å². The number of carbonyl (C=O) groups excluding carboxylic acids is 1. The van der Waals surface area contributed by atoms with Crippen molar-refractivity contribution >= 4 is 6.29 Å². The highest BCUT2D eigenvalue weighted by atomic mass is 16.5. The third-order valence-electron chi connectivity index (χ3n) is 1.43. The third-order valence-corrected chi connectivity index (χ3v) is 1.43. The molecule has 0 amide bonds. The summed E-state index contributed by atoms with van der Waals surface area (Å²) in [6.45, 7) is 9.81. The molecule has 0 N–H and O–H groups in total. The van der Waals surface area contributed by atoms with Gasteiger partial charge in [0.2, 0.25) is 0 Å². The van der Waals surface area contributed by atoms with Crippen molar-refractivity contribution in [3.63, 3.8) is 0 Å². The quantitative estimate of drug-likeness (QED) is 0.384. The first-order valence-corrected chi connectivity index (χ1v) is 4.72. The van der Waals surface area contributed by atoms with Crippen LogP contribution in [0.1, 0.15) is 20.8 Å². The summed E-state index contributed by atoms with van der Waals surface area (Å²) in [4.78, 5) is 10.5. The first-order valence-electron chi connectivity index (χ1n) is 4.72. The lowest BCUT2D eigenvalue weighted by Crippen LogP contribution is -1.98. The van der Waals surface area contributed by atoms with Gasteiger partial charge in [-0.05, 0) is 12.5 Å². The maximum absolute atomic E-state index is 10.5. The highest BCUT2D eigenvalue weighted by Crippen LogP contribution is 2.07. The van der Waals surface area contributed by atoms with Gasteiger partial charge in [-0.25, -0.2) is 0 Å². The lowest BCUT2D eigenvalue weighted by molar-refractivity contribution is -0.104. The summed E-state index contributed by atoms with van der Waals surface area (Å²) in [7, 11) is 1.59. The van der Waals surface area contributed by atoms with Crippen LogP contribution in [0, 0.1) is 0 Å². The van der Waals surface area contributed by atoms with Crippen molar-refractivity contribution in [1.29, 1.82) is 0 Å². The summed E-state index contributed by atoms with van der Waals surface area (Å²) in [6.07, 6.45) is 5.98. The number of aldehydes is 1. The van der Waals surface area contributed by atoms with Gasteiger partial charge in [-0.1, -0.05) is 38.7 Å². The first kappa shape index (κ1) is 15.3. The Bertz CT molecular complexity index is 212. The third kappa shape index (κ3) is 6.38. The highest BCUT2D eigenvalue weighted by molar-refractivity contribution is 5.80. The maximum atomic E-state index is 10.5. The van der Waals surface area contributed by atoms with Crippen LogP contribution in [0.3, 0.4) is 0 Å². The Morgan fingerprint density at radius 3 is 2.29 bits per heavy atom. The molecular formula is C12H20O2. The lowest BCUT2D eigenvalue weighted by atomic mass is 10.1. The van der Waals surface area contributed by atoms with Crippen LogP contribution in [0.15, 0.2) is 36.0 Å². The summed E-state index contributed by atoms with van der Waals surface area (Å²) in [6, 6.07) is 0. The molecule has 0 aliphatic rings. The van der Waals surface area contributed by atoms with Gasteiger partial charge in [0.05, 0.1) is 6.61 Å². The molecule has 0 heterocycles. The predicted octanol–water partition coefficient (Wildman–Crippen LogP) is 2.92. The minimum atomic E-state index is 0.435. The Labute approximate surface area is 87.0 Å². The fourth-order valence-electron chi connectivity index (χ4n) is 0.855. The largest absolute Gasteiger partial charge is 0.380 e. The molecule has 2 heteroatoms. The van der Waals surface area contributed by atoms with Crippen LogP contribution >= 0.6 is 0 Å². The van der Waals surface area contributed by atoms with Crippen LogP contribution in [0.25, 0.3) is 0 Å². The van der Waals surface area contributed by atoms with Crippen LogP contribution in [0.5, 0.6) is 0 Å². The molecular weight excluding hydrogens is 176 g/mol. The average molecular weight is 196 g/mol. The SMILES string of the molecule is C=C/C=C(COC)\C(C=O)=C/C.CC. The number of methoxy groups -OCH3 is 1. The van der Waals surface area contributed by atoms with Gasteiger partial charge in [-0.3, -0.25) is 4.79 Å². The van der Waals surface area contributed by atoms with Gasteiger partial charge in [-0.2, -0.15) is 0 Å². The summed E-state index contributed by atoms with van der Waals surface area (Å²) < 4.78 is 4.93. The van der Waals surface area contributed by atoms with E-state index in [9.17, 15) is 4.79 Å². The van der Waals surface area contributed by atoms with E-state index in [2.05, 4.69) is 6.58 Å². The number of hydrogen-bond donors (Lipinski definition) is 0. The van der Waals surface area contributed by atoms with E-state index in [0.29, 0.717) is 12.2 Å². The molecule has 0 aliphatic heterocycles. The van der Waals surface area contributed by atoms with Gasteiger partial charge < -0.3 is 4.74 Å². The Balaban J connectivity index is 0. The Hall–Kier alpha value is -1.15. The molecule has 14 heavy (non-hydrogen) atoms. The molecule has 0 unspecified atom stereocenters. The molecule has 0 saturated heterocycles. The second-order valence-electron chi connectivity index (χ2n) is 2.22. The van der Waals surface area contributed by atoms with Gasteiger partial charge in [0.1, 0.15) is 6.29 Å².